The van der Waals surface area contributed by atoms with E-state index < -0.39 is 10.0 Å². The number of nitrogens with one attached hydrogen (secondary N) is 2. The number of sulfonamides is 1. The van der Waals surface area contributed by atoms with Crippen molar-refractivity contribution in [3.8, 4) is 0 Å². The highest BCUT2D eigenvalue weighted by Crippen LogP contribution is 2.26. The number of nitrogens with zero attached hydrogens (tertiary/aromatic N) is 2. The zero-order valence-corrected chi connectivity index (χ0v) is 10.7. The molecule has 4 N–H and O–H groups in total. The van der Waals surface area contributed by atoms with E-state index in [-0.39, 0.29) is 22.2 Å². The van der Waals surface area contributed by atoms with Gasteiger partial charge in [0.1, 0.15) is 17.0 Å². The first kappa shape index (κ1) is 12.8. The van der Waals surface area contributed by atoms with Crippen LogP contribution in [0.4, 0.5) is 5.69 Å². The average Bonchev–Trinajstić information content (AvgIpc) is 2.78. The number of aromatic amines is 1. The van der Waals surface area contributed by atoms with Crippen molar-refractivity contribution in [1.82, 2.24) is 19.9 Å². The summed E-state index contributed by atoms with van der Waals surface area (Å²) in [6.07, 6.45) is 1.29. The van der Waals surface area contributed by atoms with Gasteiger partial charge in [-0.15, -0.1) is 0 Å². The molecule has 0 aliphatic rings. The number of benzene rings is 1. The lowest BCUT2D eigenvalue weighted by molar-refractivity contribution is 0.580. The molecule has 0 amide bonds. The van der Waals surface area contributed by atoms with Crippen LogP contribution in [0.1, 0.15) is 5.82 Å². The molecule has 9 heteroatoms. The first-order valence-electron chi connectivity index (χ1n) is 4.88. The Hall–Kier alpha value is -1.64. The van der Waals surface area contributed by atoms with Crippen LogP contribution in [0, 0.1) is 0 Å². The van der Waals surface area contributed by atoms with Gasteiger partial charge in [0.2, 0.25) is 10.0 Å². The fraction of sp³-hybridized carbons (Fsp3) is 0.111. The molecule has 0 saturated carbocycles. The highest BCUT2D eigenvalue weighted by atomic mass is 35.5. The Morgan fingerprint density at radius 3 is 2.83 bits per heavy atom. The van der Waals surface area contributed by atoms with E-state index in [0.717, 1.165) is 0 Å². The standard InChI is InChI=1S/C9H10ClN5O2S/c10-6-2-1-3-7(11)9(6)18(16,17)14-4-8-12-5-13-15-8/h1-3,5,14H,4,11H2,(H,12,13,15). The number of nitrogens with two attached hydrogens (primary N) is 1. The van der Waals surface area contributed by atoms with E-state index in [4.69, 9.17) is 17.3 Å². The lowest BCUT2D eigenvalue weighted by Gasteiger charge is -2.09. The summed E-state index contributed by atoms with van der Waals surface area (Å²) in [5.41, 5.74) is 5.71. The van der Waals surface area contributed by atoms with Gasteiger partial charge < -0.3 is 5.73 Å². The number of halogens is 1. The van der Waals surface area contributed by atoms with E-state index in [1.807, 2.05) is 0 Å². The van der Waals surface area contributed by atoms with Crippen molar-refractivity contribution in [2.24, 2.45) is 0 Å². The summed E-state index contributed by atoms with van der Waals surface area (Å²) in [6.45, 7) is -0.0208. The van der Waals surface area contributed by atoms with Crippen LogP contribution in [0.15, 0.2) is 29.4 Å². The van der Waals surface area contributed by atoms with Crippen LogP contribution in [0.25, 0.3) is 0 Å². The number of hydrogen-bond acceptors (Lipinski definition) is 5. The quantitative estimate of drug-likeness (QED) is 0.709. The first-order valence-corrected chi connectivity index (χ1v) is 6.75. The van der Waals surface area contributed by atoms with E-state index in [1.54, 1.807) is 6.07 Å². The molecule has 0 bridgehead atoms. The molecule has 0 atom stereocenters. The summed E-state index contributed by atoms with van der Waals surface area (Å²) in [5.74, 6) is 0.393. The fourth-order valence-electron chi connectivity index (χ4n) is 1.36. The third kappa shape index (κ3) is 2.61. The van der Waals surface area contributed by atoms with Crippen LogP contribution in [0.2, 0.25) is 5.02 Å². The van der Waals surface area contributed by atoms with Gasteiger partial charge in [0.25, 0.3) is 0 Å². The number of anilines is 1. The summed E-state index contributed by atoms with van der Waals surface area (Å²) in [5, 5.41) is 6.22. The number of nitrogen functional groups attached to an aromatic ring is 1. The second kappa shape index (κ2) is 4.92. The van der Waals surface area contributed by atoms with Gasteiger partial charge in [0.05, 0.1) is 17.3 Å². The monoisotopic (exact) mass is 287 g/mol. The smallest absolute Gasteiger partial charge is 0.244 e. The van der Waals surface area contributed by atoms with Crippen LogP contribution < -0.4 is 10.5 Å². The summed E-state index contributed by atoms with van der Waals surface area (Å²) in [7, 11) is -3.79. The van der Waals surface area contributed by atoms with Gasteiger partial charge in [-0.1, -0.05) is 17.7 Å². The molecular formula is C9H10ClN5O2S. The summed E-state index contributed by atoms with van der Waals surface area (Å²) in [6, 6.07) is 4.50. The molecule has 1 aromatic heterocycles. The molecule has 0 aliphatic heterocycles. The molecule has 2 rings (SSSR count). The molecule has 0 unspecified atom stereocenters. The number of aromatic nitrogens is 3. The average molecular weight is 288 g/mol. The molecule has 0 spiro atoms. The third-order valence-electron chi connectivity index (χ3n) is 2.16. The van der Waals surface area contributed by atoms with E-state index in [9.17, 15) is 8.42 Å². The molecule has 0 radical (unpaired) electrons. The molecule has 7 nitrogen and oxygen atoms in total. The van der Waals surface area contributed by atoms with Crippen molar-refractivity contribution in [3.05, 3.63) is 35.4 Å². The van der Waals surface area contributed by atoms with Crippen LogP contribution in [-0.2, 0) is 16.6 Å². The van der Waals surface area contributed by atoms with Crippen LogP contribution >= 0.6 is 11.6 Å². The minimum atomic E-state index is -3.79. The van der Waals surface area contributed by atoms with Crippen molar-refractivity contribution in [1.29, 1.82) is 0 Å². The van der Waals surface area contributed by atoms with Crippen molar-refractivity contribution in [2.75, 3.05) is 5.73 Å². The van der Waals surface area contributed by atoms with Crippen molar-refractivity contribution < 1.29 is 8.42 Å². The zero-order valence-electron chi connectivity index (χ0n) is 9.09. The molecule has 0 aliphatic carbocycles. The number of rotatable bonds is 4. The van der Waals surface area contributed by atoms with Gasteiger partial charge in [-0.25, -0.2) is 18.1 Å². The fourth-order valence-corrected chi connectivity index (χ4v) is 3.02. The maximum atomic E-state index is 12.0. The zero-order chi connectivity index (χ0) is 13.2. The van der Waals surface area contributed by atoms with Crippen LogP contribution in [-0.4, -0.2) is 23.6 Å². The van der Waals surface area contributed by atoms with Gasteiger partial charge in [-0.05, 0) is 12.1 Å². The Kier molecular flexibility index (Phi) is 3.50. The maximum Gasteiger partial charge on any atom is 0.244 e. The Morgan fingerprint density at radius 2 is 2.22 bits per heavy atom. The van der Waals surface area contributed by atoms with Gasteiger partial charge in [0, 0.05) is 0 Å². The minimum Gasteiger partial charge on any atom is -0.398 e. The summed E-state index contributed by atoms with van der Waals surface area (Å²) in [4.78, 5) is 3.67. The van der Waals surface area contributed by atoms with E-state index in [0.29, 0.717) is 5.82 Å². The molecule has 1 heterocycles. The number of hydrogen-bond donors (Lipinski definition) is 3. The van der Waals surface area contributed by atoms with Crippen LogP contribution in [0.5, 0.6) is 0 Å². The van der Waals surface area contributed by atoms with Crippen molar-refractivity contribution in [3.63, 3.8) is 0 Å². The predicted octanol–water partition coefficient (Wildman–Crippen LogP) is 0.519. The number of H-pyrrole nitrogens is 1. The summed E-state index contributed by atoms with van der Waals surface area (Å²) < 4.78 is 26.4. The van der Waals surface area contributed by atoms with Gasteiger partial charge in [0.15, 0.2) is 0 Å². The Balaban J connectivity index is 2.26. The molecule has 2 aromatic rings. The second-order valence-electron chi connectivity index (χ2n) is 3.41. The van der Waals surface area contributed by atoms with Crippen molar-refractivity contribution >= 4 is 27.3 Å². The normalized spacial score (nSPS) is 11.6. The van der Waals surface area contributed by atoms with Gasteiger partial charge in [-0.2, -0.15) is 5.10 Å². The molecular weight excluding hydrogens is 278 g/mol. The SMILES string of the molecule is Nc1cccc(Cl)c1S(=O)(=O)NCc1ncn[nH]1. The minimum absolute atomic E-state index is 0.0208. The first-order chi connectivity index (χ1) is 8.50. The second-order valence-corrected chi connectivity index (χ2v) is 5.53. The lowest BCUT2D eigenvalue weighted by atomic mass is 10.3. The summed E-state index contributed by atoms with van der Waals surface area (Å²) >= 11 is 5.84. The molecule has 96 valence electrons. The van der Waals surface area contributed by atoms with E-state index >= 15 is 0 Å². The van der Waals surface area contributed by atoms with E-state index in [2.05, 4.69) is 19.9 Å². The Bertz CT molecular complexity index is 621. The Morgan fingerprint density at radius 1 is 1.44 bits per heavy atom. The molecule has 18 heavy (non-hydrogen) atoms. The largest absolute Gasteiger partial charge is 0.398 e. The maximum absolute atomic E-state index is 12.0. The van der Waals surface area contributed by atoms with Crippen LogP contribution in [0.3, 0.4) is 0 Å². The van der Waals surface area contributed by atoms with Gasteiger partial charge >= 0.3 is 0 Å². The molecule has 1 aromatic carbocycles. The van der Waals surface area contributed by atoms with Gasteiger partial charge in [-0.3, -0.25) is 5.10 Å². The molecule has 0 fully saturated rings. The third-order valence-corrected chi connectivity index (χ3v) is 4.11. The van der Waals surface area contributed by atoms with E-state index in [1.165, 1.54) is 18.5 Å². The molecule has 0 saturated heterocycles. The topological polar surface area (TPSA) is 114 Å². The lowest BCUT2D eigenvalue weighted by Crippen LogP contribution is -2.25. The Labute approximate surface area is 108 Å². The predicted molar refractivity (Wildman–Crippen MR) is 66.3 cm³/mol. The van der Waals surface area contributed by atoms with Crippen molar-refractivity contribution in [2.45, 2.75) is 11.4 Å². The highest BCUT2D eigenvalue weighted by Gasteiger charge is 2.20. The highest BCUT2D eigenvalue weighted by molar-refractivity contribution is 7.89.